The van der Waals surface area contributed by atoms with Gasteiger partial charge in [-0.2, -0.15) is 5.26 Å². The predicted molar refractivity (Wildman–Crippen MR) is 60.8 cm³/mol. The van der Waals surface area contributed by atoms with Crippen molar-refractivity contribution in [2.24, 2.45) is 11.8 Å². The van der Waals surface area contributed by atoms with Gasteiger partial charge in [-0.3, -0.25) is 0 Å². The van der Waals surface area contributed by atoms with E-state index in [1.807, 2.05) is 0 Å². The fourth-order valence-corrected chi connectivity index (χ4v) is 3.77. The van der Waals surface area contributed by atoms with E-state index in [1.54, 1.807) is 0 Å². The smallest absolute Gasteiger partial charge is 0.0624 e. The molecule has 0 spiro atoms. The van der Waals surface area contributed by atoms with Gasteiger partial charge in [0, 0.05) is 31.3 Å². The number of likely N-dealkylation sites (tertiary alicyclic amines) is 1. The maximum atomic E-state index is 8.49. The number of hydrogen-bond acceptors (Lipinski definition) is 3. The SMILES string of the molecule is N#CCCCCN1C[C@@H]2[C@H](C1)[C@@H]1CC[C@H]2O1. The molecule has 0 saturated carbocycles. The Morgan fingerprint density at radius 2 is 1.81 bits per heavy atom. The quantitative estimate of drug-likeness (QED) is 0.678. The molecular formula is C13H20N2O. The molecule has 3 nitrogen and oxygen atoms in total. The molecule has 0 unspecified atom stereocenters. The zero-order chi connectivity index (χ0) is 11.0. The van der Waals surface area contributed by atoms with Crippen molar-refractivity contribution in [1.29, 1.82) is 5.26 Å². The number of unbranched alkanes of at least 4 members (excludes halogenated alkanes) is 2. The van der Waals surface area contributed by atoms with Crippen LogP contribution in [0.25, 0.3) is 0 Å². The average Bonchev–Trinajstić information content (AvgIpc) is 2.95. The fraction of sp³-hybridized carbons (Fsp3) is 0.923. The molecule has 3 heteroatoms. The Balaban J connectivity index is 1.46. The number of ether oxygens (including phenoxy) is 1. The van der Waals surface area contributed by atoms with Crippen molar-refractivity contribution in [3.05, 3.63) is 0 Å². The molecule has 0 amide bonds. The van der Waals surface area contributed by atoms with Gasteiger partial charge in [0.15, 0.2) is 0 Å². The molecule has 0 N–H and O–H groups in total. The van der Waals surface area contributed by atoms with Crippen molar-refractivity contribution in [2.45, 2.75) is 44.3 Å². The number of nitriles is 1. The first-order chi connectivity index (χ1) is 7.88. The van der Waals surface area contributed by atoms with Crippen LogP contribution in [0.3, 0.4) is 0 Å². The third kappa shape index (κ3) is 1.74. The highest BCUT2D eigenvalue weighted by molar-refractivity contribution is 5.02. The van der Waals surface area contributed by atoms with E-state index in [0.717, 1.165) is 24.7 Å². The topological polar surface area (TPSA) is 36.3 Å². The number of hydrogen-bond donors (Lipinski definition) is 0. The summed E-state index contributed by atoms with van der Waals surface area (Å²) in [6.45, 7) is 3.69. The molecular weight excluding hydrogens is 200 g/mol. The normalized spacial score (nSPS) is 41.2. The van der Waals surface area contributed by atoms with Crippen molar-refractivity contribution in [1.82, 2.24) is 4.90 Å². The number of fused-ring (bicyclic) bond motifs is 5. The molecule has 3 heterocycles. The minimum atomic E-state index is 0.583. The van der Waals surface area contributed by atoms with Crippen molar-refractivity contribution >= 4 is 0 Å². The lowest BCUT2D eigenvalue weighted by Crippen LogP contribution is -2.25. The molecule has 3 rings (SSSR count). The first-order valence-corrected chi connectivity index (χ1v) is 6.63. The van der Waals surface area contributed by atoms with Gasteiger partial charge in [-0.25, -0.2) is 0 Å². The molecule has 2 bridgehead atoms. The average molecular weight is 220 g/mol. The van der Waals surface area contributed by atoms with Crippen LogP contribution in [-0.4, -0.2) is 36.7 Å². The highest BCUT2D eigenvalue weighted by Crippen LogP contribution is 2.47. The first kappa shape index (κ1) is 10.6. The van der Waals surface area contributed by atoms with Crippen LogP contribution in [0.5, 0.6) is 0 Å². The van der Waals surface area contributed by atoms with Gasteiger partial charge in [0.2, 0.25) is 0 Å². The van der Waals surface area contributed by atoms with Crippen LogP contribution >= 0.6 is 0 Å². The van der Waals surface area contributed by atoms with Crippen LogP contribution in [0.15, 0.2) is 0 Å². The molecule has 4 atom stereocenters. The largest absolute Gasteiger partial charge is 0.374 e. The fourth-order valence-electron chi connectivity index (χ4n) is 3.77. The number of nitrogens with zero attached hydrogens (tertiary/aromatic N) is 2. The third-order valence-electron chi connectivity index (χ3n) is 4.54. The maximum Gasteiger partial charge on any atom is 0.0624 e. The molecule has 0 aromatic heterocycles. The van der Waals surface area contributed by atoms with Gasteiger partial charge in [-0.1, -0.05) is 0 Å². The summed E-state index contributed by atoms with van der Waals surface area (Å²) < 4.78 is 5.96. The highest BCUT2D eigenvalue weighted by atomic mass is 16.5. The summed E-state index contributed by atoms with van der Waals surface area (Å²) in [5.74, 6) is 1.66. The Kier molecular flexibility index (Phi) is 2.87. The van der Waals surface area contributed by atoms with Crippen LogP contribution in [0.4, 0.5) is 0 Å². The van der Waals surface area contributed by atoms with E-state index in [9.17, 15) is 0 Å². The lowest BCUT2D eigenvalue weighted by atomic mass is 9.82. The van der Waals surface area contributed by atoms with E-state index in [0.29, 0.717) is 12.2 Å². The zero-order valence-corrected chi connectivity index (χ0v) is 9.77. The van der Waals surface area contributed by atoms with E-state index in [4.69, 9.17) is 10.00 Å². The molecule has 0 aromatic carbocycles. The Hall–Kier alpha value is -0.590. The van der Waals surface area contributed by atoms with E-state index < -0.39 is 0 Å². The minimum Gasteiger partial charge on any atom is -0.374 e. The van der Waals surface area contributed by atoms with Gasteiger partial charge < -0.3 is 9.64 Å². The molecule has 0 aromatic rings. The number of rotatable bonds is 4. The monoisotopic (exact) mass is 220 g/mol. The second-order valence-corrected chi connectivity index (χ2v) is 5.49. The van der Waals surface area contributed by atoms with Crippen LogP contribution in [0, 0.1) is 23.2 Å². The first-order valence-electron chi connectivity index (χ1n) is 6.63. The van der Waals surface area contributed by atoms with Gasteiger partial charge in [0.05, 0.1) is 18.3 Å². The summed E-state index contributed by atoms with van der Waals surface area (Å²) >= 11 is 0. The van der Waals surface area contributed by atoms with Gasteiger partial charge in [0.25, 0.3) is 0 Å². The Morgan fingerprint density at radius 1 is 1.12 bits per heavy atom. The van der Waals surface area contributed by atoms with E-state index >= 15 is 0 Å². The predicted octanol–water partition coefficient (Wildman–Crippen LogP) is 1.79. The summed E-state index contributed by atoms with van der Waals surface area (Å²) in [6, 6.07) is 2.22. The Bertz CT molecular complexity index is 281. The lowest BCUT2D eigenvalue weighted by molar-refractivity contribution is 0.0704. The van der Waals surface area contributed by atoms with Gasteiger partial charge in [-0.15, -0.1) is 0 Å². The molecule has 88 valence electrons. The van der Waals surface area contributed by atoms with Crippen molar-refractivity contribution in [3.8, 4) is 6.07 Å². The van der Waals surface area contributed by atoms with E-state index in [1.165, 1.54) is 38.9 Å². The minimum absolute atomic E-state index is 0.583. The van der Waals surface area contributed by atoms with Crippen LogP contribution in [0.1, 0.15) is 32.1 Å². The van der Waals surface area contributed by atoms with Crippen molar-refractivity contribution in [2.75, 3.05) is 19.6 Å². The molecule has 16 heavy (non-hydrogen) atoms. The molecule has 3 fully saturated rings. The Morgan fingerprint density at radius 3 is 2.44 bits per heavy atom. The molecule has 3 aliphatic rings. The van der Waals surface area contributed by atoms with Crippen molar-refractivity contribution < 1.29 is 4.74 Å². The van der Waals surface area contributed by atoms with E-state index in [2.05, 4.69) is 11.0 Å². The van der Waals surface area contributed by atoms with Crippen LogP contribution in [-0.2, 0) is 4.74 Å². The molecule has 0 radical (unpaired) electrons. The standard InChI is InChI=1S/C13H20N2O/c14-6-2-1-3-7-15-8-10-11(9-15)13-5-4-12(10)16-13/h10-13H,1-5,7-9H2/t10-,11+,12-,13+. The third-order valence-corrected chi connectivity index (χ3v) is 4.54. The summed E-state index contributed by atoms with van der Waals surface area (Å²) in [4.78, 5) is 2.60. The Labute approximate surface area is 97.4 Å². The summed E-state index contributed by atoms with van der Waals surface area (Å²) in [6.07, 6.45) is 6.73. The highest BCUT2D eigenvalue weighted by Gasteiger charge is 2.52. The summed E-state index contributed by atoms with van der Waals surface area (Å²) in [5, 5.41) is 8.49. The van der Waals surface area contributed by atoms with Crippen molar-refractivity contribution in [3.63, 3.8) is 0 Å². The van der Waals surface area contributed by atoms with Gasteiger partial charge >= 0.3 is 0 Å². The summed E-state index contributed by atoms with van der Waals surface area (Å²) in [5.41, 5.74) is 0. The maximum absolute atomic E-state index is 8.49. The molecule has 3 aliphatic heterocycles. The summed E-state index contributed by atoms with van der Waals surface area (Å²) in [7, 11) is 0. The molecule has 3 saturated heterocycles. The van der Waals surface area contributed by atoms with Gasteiger partial charge in [-0.05, 0) is 32.2 Å². The lowest BCUT2D eigenvalue weighted by Gasteiger charge is -2.18. The van der Waals surface area contributed by atoms with Gasteiger partial charge in [0.1, 0.15) is 0 Å². The zero-order valence-electron chi connectivity index (χ0n) is 9.77. The molecule has 0 aliphatic carbocycles. The second-order valence-electron chi connectivity index (χ2n) is 5.49. The van der Waals surface area contributed by atoms with E-state index in [-0.39, 0.29) is 0 Å². The van der Waals surface area contributed by atoms with Crippen LogP contribution < -0.4 is 0 Å². The second kappa shape index (κ2) is 4.35. The van der Waals surface area contributed by atoms with Crippen LogP contribution in [0.2, 0.25) is 0 Å².